The third-order valence-corrected chi connectivity index (χ3v) is 4.83. The van der Waals surface area contributed by atoms with Crippen LogP contribution in [0.2, 0.25) is 0 Å². The van der Waals surface area contributed by atoms with Crippen LogP contribution in [-0.2, 0) is 14.4 Å². The summed E-state index contributed by atoms with van der Waals surface area (Å²) in [5.41, 5.74) is 5.59. The van der Waals surface area contributed by atoms with Crippen molar-refractivity contribution in [2.45, 2.75) is 18.3 Å². The Morgan fingerprint density at radius 1 is 1.61 bits per heavy atom. The predicted molar refractivity (Wildman–Crippen MR) is 68.9 cm³/mol. The molecule has 0 radical (unpaired) electrons. The average molecular weight is 288 g/mol. The molecule has 0 bridgehead atoms. The van der Waals surface area contributed by atoms with Gasteiger partial charge in [0.1, 0.15) is 17.1 Å². The average Bonchev–Trinajstić information content (AvgIpc) is 2.36. The quantitative estimate of drug-likeness (QED) is 0.696. The van der Waals surface area contributed by atoms with E-state index in [-0.39, 0.29) is 27.5 Å². The number of nitrogens with two attached hydrogens (primary N) is 1. The molecule has 1 saturated heterocycles. The molecule has 0 aromatic carbocycles. The Hall–Kier alpha value is -0.990. The molecule has 0 aliphatic carbocycles. The van der Waals surface area contributed by atoms with Crippen molar-refractivity contribution in [1.29, 1.82) is 0 Å². The van der Waals surface area contributed by atoms with Gasteiger partial charge in [-0.1, -0.05) is 18.7 Å². The number of carboxylic acid groups (broad SMARTS) is 1. The molecule has 8 heteroatoms. The molecule has 3 N–H and O–H groups in total. The van der Waals surface area contributed by atoms with Gasteiger partial charge in [0, 0.05) is 11.3 Å². The highest BCUT2D eigenvalue weighted by Crippen LogP contribution is 2.40. The molecule has 2 rings (SSSR count). The molecular formula is C10H12N2O4S2. The first-order chi connectivity index (χ1) is 8.49. The fraction of sp³-hybridized carbons (Fsp3) is 0.500. The highest BCUT2D eigenvalue weighted by molar-refractivity contribution is 8.14. The monoisotopic (exact) mass is 288 g/mol. The maximum Gasteiger partial charge on any atom is 0.353 e. The van der Waals surface area contributed by atoms with Crippen molar-refractivity contribution in [1.82, 2.24) is 4.90 Å². The van der Waals surface area contributed by atoms with Crippen LogP contribution in [0.15, 0.2) is 11.3 Å². The summed E-state index contributed by atoms with van der Waals surface area (Å²) < 4.78 is 0. The summed E-state index contributed by atoms with van der Waals surface area (Å²) in [6.07, 6.45) is 0. The Labute approximate surface area is 112 Å². The number of hydrogen-bond acceptors (Lipinski definition) is 6. The first kappa shape index (κ1) is 13.4. The fourth-order valence-corrected chi connectivity index (χ4v) is 3.87. The second-order valence-electron chi connectivity index (χ2n) is 3.79. The van der Waals surface area contributed by atoms with Crippen LogP contribution in [0.4, 0.5) is 0 Å². The second-order valence-corrected chi connectivity index (χ2v) is 6.13. The van der Waals surface area contributed by atoms with Gasteiger partial charge in [-0.15, -0.1) is 11.8 Å². The van der Waals surface area contributed by atoms with E-state index < -0.39 is 17.9 Å². The third-order valence-electron chi connectivity index (χ3n) is 2.73. The summed E-state index contributed by atoms with van der Waals surface area (Å²) in [5.74, 6) is -0.830. The minimum absolute atomic E-state index is 0.191. The Kier molecular flexibility index (Phi) is 3.69. The van der Waals surface area contributed by atoms with E-state index in [1.807, 2.05) is 6.92 Å². The van der Waals surface area contributed by atoms with Crippen LogP contribution >= 0.6 is 23.5 Å². The zero-order valence-corrected chi connectivity index (χ0v) is 11.2. The number of fused-ring (bicyclic) bond motifs is 1. The maximum absolute atomic E-state index is 11.8. The summed E-state index contributed by atoms with van der Waals surface area (Å²) in [6.45, 7) is 1.81. The van der Waals surface area contributed by atoms with Crippen molar-refractivity contribution < 1.29 is 19.5 Å². The zero-order valence-electron chi connectivity index (χ0n) is 9.58. The van der Waals surface area contributed by atoms with Crippen molar-refractivity contribution in [3.63, 3.8) is 0 Å². The topological polar surface area (TPSA) is 101 Å². The summed E-state index contributed by atoms with van der Waals surface area (Å²) in [6, 6.07) is -0.667. The van der Waals surface area contributed by atoms with Crippen LogP contribution in [0.5, 0.6) is 0 Å². The molecule has 2 aliphatic rings. The highest BCUT2D eigenvalue weighted by atomic mass is 32.2. The van der Waals surface area contributed by atoms with Gasteiger partial charge in [0.25, 0.3) is 0 Å². The molecule has 0 spiro atoms. The number of carbonyl (C=O) groups excluding carboxylic acids is 2. The molecule has 1 fully saturated rings. The normalized spacial score (nSPS) is 26.8. The van der Waals surface area contributed by atoms with Crippen molar-refractivity contribution in [2.24, 2.45) is 5.73 Å². The minimum atomic E-state index is -1.25. The van der Waals surface area contributed by atoms with E-state index in [4.69, 9.17) is 5.73 Å². The number of thioether (sulfide) groups is 2. The van der Waals surface area contributed by atoms with E-state index in [0.717, 1.165) is 16.7 Å². The zero-order chi connectivity index (χ0) is 13.4. The lowest BCUT2D eigenvalue weighted by Gasteiger charge is -2.47. The van der Waals surface area contributed by atoms with Crippen molar-refractivity contribution in [3.8, 4) is 0 Å². The molecule has 0 saturated carbocycles. The lowest BCUT2D eigenvalue weighted by molar-refractivity contribution is -0.148. The predicted octanol–water partition coefficient (Wildman–Crippen LogP) is -0.153. The van der Waals surface area contributed by atoms with Crippen LogP contribution in [-0.4, -0.2) is 49.9 Å². The number of β-lactam (4-membered cyclic amide) rings is 1. The van der Waals surface area contributed by atoms with E-state index in [1.54, 1.807) is 0 Å². The molecule has 98 valence electrons. The first-order valence-corrected chi connectivity index (χ1v) is 7.36. The summed E-state index contributed by atoms with van der Waals surface area (Å²) >= 11 is 2.38. The van der Waals surface area contributed by atoms with Gasteiger partial charge in [0.05, 0.1) is 0 Å². The van der Waals surface area contributed by atoms with Gasteiger partial charge < -0.3 is 10.8 Å². The molecule has 0 aromatic heterocycles. The van der Waals surface area contributed by atoms with Crippen molar-refractivity contribution >= 4 is 40.5 Å². The number of amides is 1. The largest absolute Gasteiger partial charge is 0.477 e. The van der Waals surface area contributed by atoms with Gasteiger partial charge >= 0.3 is 5.97 Å². The SMILES string of the molecule is CCSC(=O)C1=C(C(=O)O)N2C(=O)C(N)[C@@H]2SC1. The lowest BCUT2D eigenvalue weighted by atomic mass is 10.0. The van der Waals surface area contributed by atoms with Gasteiger partial charge in [-0.2, -0.15) is 0 Å². The van der Waals surface area contributed by atoms with Gasteiger partial charge in [0.2, 0.25) is 11.0 Å². The molecule has 2 heterocycles. The molecule has 6 nitrogen and oxygen atoms in total. The smallest absolute Gasteiger partial charge is 0.353 e. The maximum atomic E-state index is 11.8. The van der Waals surface area contributed by atoms with Crippen LogP contribution in [0.1, 0.15) is 6.92 Å². The van der Waals surface area contributed by atoms with Crippen molar-refractivity contribution in [3.05, 3.63) is 11.3 Å². The number of carboxylic acids is 1. The van der Waals surface area contributed by atoms with Crippen LogP contribution in [0.3, 0.4) is 0 Å². The van der Waals surface area contributed by atoms with E-state index >= 15 is 0 Å². The van der Waals surface area contributed by atoms with Crippen LogP contribution < -0.4 is 5.73 Å². The summed E-state index contributed by atoms with van der Waals surface area (Å²) in [4.78, 5) is 35.8. The van der Waals surface area contributed by atoms with Gasteiger partial charge in [0.15, 0.2) is 0 Å². The molecule has 1 amide bonds. The lowest BCUT2D eigenvalue weighted by Crippen LogP contribution is -2.68. The van der Waals surface area contributed by atoms with E-state index in [0.29, 0.717) is 5.75 Å². The first-order valence-electron chi connectivity index (χ1n) is 5.32. The van der Waals surface area contributed by atoms with Gasteiger partial charge in [-0.25, -0.2) is 4.79 Å². The molecule has 0 aromatic rings. The second kappa shape index (κ2) is 4.94. The van der Waals surface area contributed by atoms with E-state index in [2.05, 4.69) is 0 Å². The summed E-state index contributed by atoms with van der Waals surface area (Å²) in [5, 5.41) is 8.55. The fourth-order valence-electron chi connectivity index (χ4n) is 1.89. The Morgan fingerprint density at radius 3 is 2.83 bits per heavy atom. The number of aliphatic carboxylic acids is 1. The summed E-state index contributed by atoms with van der Waals surface area (Å²) in [7, 11) is 0. The standard InChI is InChI=1S/C10H12N2O4S2/c1-2-17-10(16)4-3-18-8-5(11)7(13)12(8)6(4)9(14)15/h5,8H,2-3,11H2,1H3,(H,14,15)/t5?,8-/m0/s1. The van der Waals surface area contributed by atoms with E-state index in [9.17, 15) is 19.5 Å². The number of carbonyl (C=O) groups is 3. The van der Waals surface area contributed by atoms with Crippen LogP contribution in [0.25, 0.3) is 0 Å². The Bertz CT molecular complexity index is 463. The molecule has 1 unspecified atom stereocenters. The minimum Gasteiger partial charge on any atom is -0.477 e. The van der Waals surface area contributed by atoms with Crippen LogP contribution in [0, 0.1) is 0 Å². The Morgan fingerprint density at radius 2 is 2.28 bits per heavy atom. The number of rotatable bonds is 3. The number of nitrogens with zero attached hydrogens (tertiary/aromatic N) is 1. The molecule has 2 atom stereocenters. The molecule has 2 aliphatic heterocycles. The molecule has 18 heavy (non-hydrogen) atoms. The third kappa shape index (κ3) is 1.94. The van der Waals surface area contributed by atoms with Gasteiger partial charge in [-0.3, -0.25) is 14.5 Å². The van der Waals surface area contributed by atoms with E-state index in [1.165, 1.54) is 11.8 Å². The molecular weight excluding hydrogens is 276 g/mol. The number of hydrogen-bond donors (Lipinski definition) is 2. The van der Waals surface area contributed by atoms with Crippen molar-refractivity contribution in [2.75, 3.05) is 11.5 Å². The van der Waals surface area contributed by atoms with Gasteiger partial charge in [-0.05, 0) is 5.75 Å². The highest BCUT2D eigenvalue weighted by Gasteiger charge is 2.52. The Balaban J connectivity index is 2.38.